The highest BCUT2D eigenvalue weighted by molar-refractivity contribution is 5.88. The number of halogens is 1. The number of carboxylic acid groups (broad SMARTS) is 1. The van der Waals surface area contributed by atoms with E-state index in [1.165, 1.54) is 22.9 Å². The van der Waals surface area contributed by atoms with Crippen molar-refractivity contribution in [3.8, 4) is 22.8 Å². The smallest absolute Gasteiger partial charge is 0.341 e. The van der Waals surface area contributed by atoms with Gasteiger partial charge in [0.1, 0.15) is 22.9 Å². The van der Waals surface area contributed by atoms with Gasteiger partial charge < -0.3 is 23.9 Å². The minimum absolute atomic E-state index is 0.257. The molecular formula is C25H24FNO6. The minimum Gasteiger partial charge on any atom is -0.493 e. The number of pyridine rings is 1. The van der Waals surface area contributed by atoms with Crippen LogP contribution < -0.4 is 14.9 Å². The number of carbonyl (C=O) groups is 1. The number of aryl methyl sites for hydroxylation is 2. The molecule has 172 valence electrons. The molecule has 0 fully saturated rings. The van der Waals surface area contributed by atoms with Crippen molar-refractivity contribution in [3.63, 3.8) is 0 Å². The van der Waals surface area contributed by atoms with E-state index >= 15 is 0 Å². The zero-order chi connectivity index (χ0) is 23.7. The molecule has 0 saturated heterocycles. The molecule has 0 bridgehead atoms. The summed E-state index contributed by atoms with van der Waals surface area (Å²) in [4.78, 5) is 24.2. The first-order valence-corrected chi connectivity index (χ1v) is 10.5. The Morgan fingerprint density at radius 3 is 2.67 bits per heavy atom. The molecule has 1 aliphatic heterocycles. The number of fused-ring (bicyclic) bond motifs is 3. The van der Waals surface area contributed by atoms with E-state index in [9.17, 15) is 19.1 Å². The fourth-order valence-corrected chi connectivity index (χ4v) is 3.96. The van der Waals surface area contributed by atoms with Crippen molar-refractivity contribution in [2.24, 2.45) is 0 Å². The number of rotatable bonds is 7. The third-order valence-corrected chi connectivity index (χ3v) is 5.62. The summed E-state index contributed by atoms with van der Waals surface area (Å²) >= 11 is 0. The average Bonchev–Trinajstić information content (AvgIpc) is 2.76. The van der Waals surface area contributed by atoms with Crippen LogP contribution in [-0.2, 0) is 4.74 Å². The number of aromatic carboxylic acids is 1. The van der Waals surface area contributed by atoms with E-state index < -0.39 is 29.0 Å². The summed E-state index contributed by atoms with van der Waals surface area (Å²) in [6, 6.07) is 9.46. The fourth-order valence-electron chi connectivity index (χ4n) is 3.96. The largest absolute Gasteiger partial charge is 0.493 e. The Labute approximate surface area is 190 Å². The molecule has 0 amide bonds. The van der Waals surface area contributed by atoms with Crippen LogP contribution in [0.5, 0.6) is 11.5 Å². The van der Waals surface area contributed by atoms with Gasteiger partial charge in [0.05, 0.1) is 17.9 Å². The van der Waals surface area contributed by atoms with Gasteiger partial charge in [0, 0.05) is 44.0 Å². The Balaban J connectivity index is 1.89. The van der Waals surface area contributed by atoms with E-state index in [0.717, 1.165) is 5.56 Å². The maximum atomic E-state index is 14.9. The molecule has 2 heterocycles. The van der Waals surface area contributed by atoms with Crippen molar-refractivity contribution in [3.05, 3.63) is 80.9 Å². The highest BCUT2D eigenvalue weighted by atomic mass is 19.1. The molecule has 3 aromatic rings. The van der Waals surface area contributed by atoms with Gasteiger partial charge in [-0.05, 0) is 37.1 Å². The molecule has 4 rings (SSSR count). The molecule has 1 aromatic heterocycles. The summed E-state index contributed by atoms with van der Waals surface area (Å²) in [5.41, 5.74) is 1.68. The van der Waals surface area contributed by atoms with Crippen molar-refractivity contribution in [1.29, 1.82) is 0 Å². The van der Waals surface area contributed by atoms with Gasteiger partial charge in [-0.3, -0.25) is 4.79 Å². The number of carboxylic acids is 1. The average molecular weight is 453 g/mol. The molecule has 0 radical (unpaired) electrons. The summed E-state index contributed by atoms with van der Waals surface area (Å²) in [6.07, 6.45) is 0.918. The van der Waals surface area contributed by atoms with Crippen molar-refractivity contribution in [1.82, 2.24) is 4.57 Å². The van der Waals surface area contributed by atoms with E-state index in [2.05, 4.69) is 0 Å². The lowest BCUT2D eigenvalue weighted by atomic mass is 10.00. The number of aromatic nitrogens is 1. The molecule has 1 N–H and O–H groups in total. The molecule has 0 saturated carbocycles. The topological polar surface area (TPSA) is 87.0 Å². The van der Waals surface area contributed by atoms with E-state index in [1.807, 2.05) is 13.0 Å². The highest BCUT2D eigenvalue weighted by Gasteiger charge is 2.31. The van der Waals surface area contributed by atoms with Gasteiger partial charge in [0.25, 0.3) is 0 Å². The van der Waals surface area contributed by atoms with Crippen LogP contribution in [0, 0.1) is 19.7 Å². The molecule has 0 spiro atoms. The molecule has 1 unspecified atom stereocenters. The summed E-state index contributed by atoms with van der Waals surface area (Å²) in [6.45, 7) is 4.63. The molecule has 0 aliphatic carbocycles. The summed E-state index contributed by atoms with van der Waals surface area (Å²) < 4.78 is 33.6. The summed E-state index contributed by atoms with van der Waals surface area (Å²) in [5.74, 6) is -0.835. The lowest BCUT2D eigenvalue weighted by Gasteiger charge is -2.33. The number of hydrogen-bond donors (Lipinski definition) is 1. The predicted octanol–water partition coefficient (Wildman–Crippen LogP) is 4.32. The number of nitrogens with zero attached hydrogens (tertiary/aromatic N) is 1. The molecule has 2 aromatic carbocycles. The first-order chi connectivity index (χ1) is 15.8. The SMILES string of the molecule is COCCCOc1cc2c(cc1C)-c1cc(=O)c(C(=O)O)cn1C(c1c(C)cccc1F)O2. The van der Waals surface area contributed by atoms with Gasteiger partial charge in [-0.15, -0.1) is 0 Å². The van der Waals surface area contributed by atoms with E-state index in [-0.39, 0.29) is 5.56 Å². The van der Waals surface area contributed by atoms with Crippen LogP contribution in [-0.4, -0.2) is 36.0 Å². The van der Waals surface area contributed by atoms with Crippen LogP contribution >= 0.6 is 0 Å². The van der Waals surface area contributed by atoms with E-state index in [4.69, 9.17) is 14.2 Å². The maximum absolute atomic E-state index is 14.9. The van der Waals surface area contributed by atoms with Crippen LogP contribution in [0.25, 0.3) is 11.3 Å². The van der Waals surface area contributed by atoms with Crippen LogP contribution in [0.1, 0.15) is 39.7 Å². The third-order valence-electron chi connectivity index (χ3n) is 5.62. The van der Waals surface area contributed by atoms with E-state index in [0.29, 0.717) is 48.0 Å². The van der Waals surface area contributed by atoms with Crippen LogP contribution in [0.4, 0.5) is 4.39 Å². The highest BCUT2D eigenvalue weighted by Crippen LogP contribution is 2.44. The minimum atomic E-state index is -1.36. The Kier molecular flexibility index (Phi) is 6.20. The van der Waals surface area contributed by atoms with Crippen LogP contribution in [0.3, 0.4) is 0 Å². The van der Waals surface area contributed by atoms with Gasteiger partial charge in [-0.1, -0.05) is 12.1 Å². The second-order valence-corrected chi connectivity index (χ2v) is 7.90. The maximum Gasteiger partial charge on any atom is 0.341 e. The van der Waals surface area contributed by atoms with Gasteiger partial charge in [0.2, 0.25) is 6.23 Å². The Morgan fingerprint density at radius 1 is 1.18 bits per heavy atom. The number of methoxy groups -OCH3 is 1. The van der Waals surface area contributed by atoms with Crippen molar-refractivity contribution in [2.75, 3.05) is 20.3 Å². The summed E-state index contributed by atoms with van der Waals surface area (Å²) in [7, 11) is 1.62. The second kappa shape index (κ2) is 9.07. The number of benzene rings is 2. The van der Waals surface area contributed by atoms with Crippen molar-refractivity contribution < 1.29 is 28.5 Å². The third kappa shape index (κ3) is 4.21. The molecule has 1 atom stereocenters. The second-order valence-electron chi connectivity index (χ2n) is 7.90. The summed E-state index contributed by atoms with van der Waals surface area (Å²) in [5, 5.41) is 9.48. The lowest BCUT2D eigenvalue weighted by molar-refractivity contribution is 0.0693. The van der Waals surface area contributed by atoms with Crippen LogP contribution in [0.2, 0.25) is 0 Å². The quantitative estimate of drug-likeness (QED) is 0.536. The Bertz CT molecular complexity index is 1260. The lowest BCUT2D eigenvalue weighted by Crippen LogP contribution is -2.29. The monoisotopic (exact) mass is 453 g/mol. The van der Waals surface area contributed by atoms with Crippen molar-refractivity contribution in [2.45, 2.75) is 26.5 Å². The van der Waals surface area contributed by atoms with Gasteiger partial charge in [0.15, 0.2) is 5.43 Å². The molecule has 8 heteroatoms. The van der Waals surface area contributed by atoms with Gasteiger partial charge >= 0.3 is 5.97 Å². The molecule has 1 aliphatic rings. The molecular weight excluding hydrogens is 429 g/mol. The van der Waals surface area contributed by atoms with Gasteiger partial charge in [-0.2, -0.15) is 0 Å². The zero-order valence-corrected chi connectivity index (χ0v) is 18.6. The molecule has 33 heavy (non-hydrogen) atoms. The fraction of sp³-hybridized carbons (Fsp3) is 0.280. The predicted molar refractivity (Wildman–Crippen MR) is 120 cm³/mol. The molecule has 7 nitrogen and oxygen atoms in total. The Morgan fingerprint density at radius 2 is 1.97 bits per heavy atom. The standard InChI is InChI=1S/C25H24FNO6/c1-14-6-4-7-18(26)23(14)24-27-13-17(25(29)30)20(28)11-19(27)16-10-15(2)21(12-22(16)33-24)32-9-5-8-31-3/h4,6-7,10-13,24H,5,8-9H2,1-3H3,(H,29,30). The number of hydrogen-bond acceptors (Lipinski definition) is 5. The number of ether oxygens (including phenoxy) is 3. The zero-order valence-electron chi connectivity index (χ0n) is 18.6. The first-order valence-electron chi connectivity index (χ1n) is 10.5. The van der Waals surface area contributed by atoms with E-state index in [1.54, 1.807) is 32.2 Å². The normalized spacial score (nSPS) is 14.2. The first kappa shape index (κ1) is 22.5. The van der Waals surface area contributed by atoms with Crippen molar-refractivity contribution >= 4 is 5.97 Å². The Hall–Kier alpha value is -3.65. The van der Waals surface area contributed by atoms with Crippen LogP contribution in [0.15, 0.2) is 47.4 Å². The van der Waals surface area contributed by atoms with Gasteiger partial charge in [-0.25, -0.2) is 9.18 Å².